The number of rotatable bonds is 3. The molecule has 2 rings (SSSR count). The van der Waals surface area contributed by atoms with Gasteiger partial charge in [-0.15, -0.1) is 11.3 Å². The second-order valence-corrected chi connectivity index (χ2v) is 4.69. The zero-order valence-corrected chi connectivity index (χ0v) is 9.81. The summed E-state index contributed by atoms with van der Waals surface area (Å²) in [4.78, 5) is 18.2. The van der Waals surface area contributed by atoms with Gasteiger partial charge < -0.3 is 9.84 Å². The maximum absolute atomic E-state index is 10.8. The van der Waals surface area contributed by atoms with E-state index in [4.69, 9.17) is 9.84 Å². The Morgan fingerprint density at radius 3 is 3.25 bits per heavy atom. The average molecular weight is 242 g/mol. The van der Waals surface area contributed by atoms with E-state index in [-0.39, 0.29) is 6.04 Å². The predicted octanol–water partition coefficient (Wildman–Crippen LogP) is 0.990. The molecule has 16 heavy (non-hydrogen) atoms. The van der Waals surface area contributed by atoms with Gasteiger partial charge in [0, 0.05) is 30.2 Å². The van der Waals surface area contributed by atoms with Crippen LogP contribution in [0.3, 0.4) is 0 Å². The van der Waals surface area contributed by atoms with Crippen LogP contribution in [-0.4, -0.2) is 46.8 Å². The maximum atomic E-state index is 10.8. The van der Waals surface area contributed by atoms with Crippen LogP contribution < -0.4 is 0 Å². The molecule has 0 saturated carbocycles. The molecule has 1 aliphatic heterocycles. The number of aliphatic carboxylic acids is 1. The molecule has 0 aliphatic carbocycles. The molecule has 2 unspecified atom stereocenters. The standard InChI is InChI=1S/C10H14N2O3S/c1-7(9-4-11-6-16-9)12-2-3-15-8(5-12)10(13)14/h4,6-8H,2-3,5H2,1H3,(H,13,14). The van der Waals surface area contributed by atoms with Crippen molar-refractivity contribution in [2.45, 2.75) is 19.1 Å². The fraction of sp³-hybridized carbons (Fsp3) is 0.600. The van der Waals surface area contributed by atoms with Gasteiger partial charge in [0.25, 0.3) is 0 Å². The number of hydrogen-bond donors (Lipinski definition) is 1. The van der Waals surface area contributed by atoms with Crippen molar-refractivity contribution >= 4 is 17.3 Å². The second-order valence-electron chi connectivity index (χ2n) is 3.77. The summed E-state index contributed by atoms with van der Waals surface area (Å²) in [6.07, 6.45) is 1.13. The molecule has 2 atom stereocenters. The minimum atomic E-state index is -0.888. The first kappa shape index (κ1) is 11.5. The molecule has 0 bridgehead atoms. The van der Waals surface area contributed by atoms with E-state index in [0.717, 1.165) is 11.4 Å². The highest BCUT2D eigenvalue weighted by atomic mass is 32.1. The first-order chi connectivity index (χ1) is 7.68. The molecule has 0 radical (unpaired) electrons. The predicted molar refractivity (Wildman–Crippen MR) is 59.5 cm³/mol. The van der Waals surface area contributed by atoms with Crippen molar-refractivity contribution in [3.63, 3.8) is 0 Å². The third-order valence-corrected chi connectivity index (χ3v) is 3.73. The van der Waals surface area contributed by atoms with E-state index in [1.807, 2.05) is 6.20 Å². The molecular formula is C10H14N2O3S. The molecule has 1 saturated heterocycles. The van der Waals surface area contributed by atoms with Crippen LogP contribution in [0, 0.1) is 0 Å². The Labute approximate surface area is 97.7 Å². The number of hydrogen-bond acceptors (Lipinski definition) is 5. The molecule has 0 spiro atoms. The minimum Gasteiger partial charge on any atom is -0.479 e. The van der Waals surface area contributed by atoms with Crippen LogP contribution in [0.15, 0.2) is 11.7 Å². The fourth-order valence-electron chi connectivity index (χ4n) is 1.78. The lowest BCUT2D eigenvalue weighted by atomic mass is 10.2. The summed E-state index contributed by atoms with van der Waals surface area (Å²) in [5, 5.41) is 8.91. The van der Waals surface area contributed by atoms with Crippen LogP contribution in [0.2, 0.25) is 0 Å². The second kappa shape index (κ2) is 4.90. The van der Waals surface area contributed by atoms with Gasteiger partial charge in [-0.1, -0.05) is 0 Å². The van der Waals surface area contributed by atoms with Gasteiger partial charge in [-0.25, -0.2) is 4.79 Å². The lowest BCUT2D eigenvalue weighted by molar-refractivity contribution is -0.157. The van der Waals surface area contributed by atoms with E-state index in [0.29, 0.717) is 13.2 Å². The van der Waals surface area contributed by atoms with Crippen molar-refractivity contribution in [2.24, 2.45) is 0 Å². The summed E-state index contributed by atoms with van der Waals surface area (Å²) in [5.41, 5.74) is 1.79. The number of nitrogens with zero attached hydrogens (tertiary/aromatic N) is 2. The van der Waals surface area contributed by atoms with E-state index in [2.05, 4.69) is 16.8 Å². The number of carboxylic acid groups (broad SMARTS) is 1. The SMILES string of the molecule is CC(c1cncs1)N1CCOC(C(=O)O)C1. The maximum Gasteiger partial charge on any atom is 0.334 e. The van der Waals surface area contributed by atoms with Gasteiger partial charge in [-0.05, 0) is 6.92 Å². The monoisotopic (exact) mass is 242 g/mol. The molecule has 2 heterocycles. The molecule has 1 aromatic rings. The topological polar surface area (TPSA) is 62.7 Å². The lowest BCUT2D eigenvalue weighted by Crippen LogP contribution is -2.46. The van der Waals surface area contributed by atoms with Crippen LogP contribution in [0.5, 0.6) is 0 Å². The van der Waals surface area contributed by atoms with Crippen molar-refractivity contribution in [1.82, 2.24) is 9.88 Å². The van der Waals surface area contributed by atoms with Gasteiger partial charge in [0.1, 0.15) is 0 Å². The van der Waals surface area contributed by atoms with Gasteiger partial charge in [0.15, 0.2) is 6.10 Å². The van der Waals surface area contributed by atoms with Crippen LogP contribution in [-0.2, 0) is 9.53 Å². The third-order valence-electron chi connectivity index (χ3n) is 2.78. The lowest BCUT2D eigenvalue weighted by Gasteiger charge is -2.34. The molecule has 1 aliphatic rings. The average Bonchev–Trinajstić information content (AvgIpc) is 2.81. The number of ether oxygens (including phenoxy) is 1. The van der Waals surface area contributed by atoms with Gasteiger partial charge in [0.2, 0.25) is 0 Å². The number of aromatic nitrogens is 1. The van der Waals surface area contributed by atoms with Gasteiger partial charge in [-0.3, -0.25) is 9.88 Å². The van der Waals surface area contributed by atoms with Crippen LogP contribution in [0.1, 0.15) is 17.8 Å². The number of thiazole rings is 1. The Bertz CT molecular complexity index is 355. The normalized spacial score (nSPS) is 24.2. The van der Waals surface area contributed by atoms with Crippen LogP contribution in [0.4, 0.5) is 0 Å². The third kappa shape index (κ3) is 2.40. The molecule has 88 valence electrons. The summed E-state index contributed by atoms with van der Waals surface area (Å²) in [6, 6.07) is 0.207. The van der Waals surface area contributed by atoms with Crippen molar-refractivity contribution in [1.29, 1.82) is 0 Å². The zero-order chi connectivity index (χ0) is 11.5. The fourth-order valence-corrected chi connectivity index (χ4v) is 2.49. The highest BCUT2D eigenvalue weighted by molar-refractivity contribution is 7.09. The van der Waals surface area contributed by atoms with E-state index in [1.165, 1.54) is 0 Å². The molecule has 0 amide bonds. The number of morpholine rings is 1. The molecule has 1 N–H and O–H groups in total. The molecule has 0 aromatic carbocycles. The number of carboxylic acids is 1. The van der Waals surface area contributed by atoms with Crippen LogP contribution in [0.25, 0.3) is 0 Å². The van der Waals surface area contributed by atoms with Gasteiger partial charge >= 0.3 is 5.97 Å². The van der Waals surface area contributed by atoms with Crippen molar-refractivity contribution in [3.05, 3.63) is 16.6 Å². The minimum absolute atomic E-state index is 0.207. The first-order valence-electron chi connectivity index (χ1n) is 5.15. The van der Waals surface area contributed by atoms with Crippen molar-refractivity contribution in [3.8, 4) is 0 Å². The van der Waals surface area contributed by atoms with Crippen LogP contribution >= 0.6 is 11.3 Å². The Hall–Kier alpha value is -0.980. The molecule has 1 aromatic heterocycles. The Morgan fingerprint density at radius 2 is 2.62 bits per heavy atom. The molecule has 1 fully saturated rings. The van der Waals surface area contributed by atoms with Crippen molar-refractivity contribution < 1.29 is 14.6 Å². The van der Waals surface area contributed by atoms with E-state index >= 15 is 0 Å². The Kier molecular flexibility index (Phi) is 3.52. The quantitative estimate of drug-likeness (QED) is 0.856. The largest absolute Gasteiger partial charge is 0.479 e. The van der Waals surface area contributed by atoms with E-state index < -0.39 is 12.1 Å². The summed E-state index contributed by atoms with van der Waals surface area (Å²) in [5.74, 6) is -0.888. The highest BCUT2D eigenvalue weighted by Crippen LogP contribution is 2.25. The Morgan fingerprint density at radius 1 is 1.81 bits per heavy atom. The highest BCUT2D eigenvalue weighted by Gasteiger charge is 2.29. The summed E-state index contributed by atoms with van der Waals surface area (Å²) in [6.45, 7) is 3.75. The van der Waals surface area contributed by atoms with E-state index in [9.17, 15) is 4.79 Å². The summed E-state index contributed by atoms with van der Waals surface area (Å²) < 4.78 is 5.18. The van der Waals surface area contributed by atoms with E-state index in [1.54, 1.807) is 16.8 Å². The molecule has 5 nitrogen and oxygen atoms in total. The van der Waals surface area contributed by atoms with Crippen molar-refractivity contribution in [2.75, 3.05) is 19.7 Å². The van der Waals surface area contributed by atoms with Gasteiger partial charge in [-0.2, -0.15) is 0 Å². The zero-order valence-electron chi connectivity index (χ0n) is 9.00. The molecular weight excluding hydrogens is 228 g/mol. The summed E-state index contributed by atoms with van der Waals surface area (Å²) >= 11 is 1.59. The first-order valence-corrected chi connectivity index (χ1v) is 6.03. The summed E-state index contributed by atoms with van der Waals surface area (Å²) in [7, 11) is 0. The number of carbonyl (C=O) groups is 1. The van der Waals surface area contributed by atoms with Gasteiger partial charge in [0.05, 0.1) is 12.1 Å². The smallest absolute Gasteiger partial charge is 0.334 e. The Balaban J connectivity index is 2.01. The molecule has 6 heteroatoms.